The van der Waals surface area contributed by atoms with Crippen molar-refractivity contribution in [1.82, 2.24) is 24.9 Å². The quantitative estimate of drug-likeness (QED) is 0.167. The Morgan fingerprint density at radius 3 is 1.60 bits per heavy atom. The molecule has 1 aliphatic carbocycles. The molecule has 5 nitrogen and oxygen atoms in total. The second-order valence-corrected chi connectivity index (χ2v) is 16.7. The summed E-state index contributed by atoms with van der Waals surface area (Å²) in [4.78, 5) is 27.1. The Morgan fingerprint density at radius 1 is 0.339 bits per heavy atom. The third-order valence-corrected chi connectivity index (χ3v) is 13.3. The number of aromatic nitrogens is 5. The van der Waals surface area contributed by atoms with Crippen molar-refractivity contribution in [2.75, 3.05) is 0 Å². The van der Waals surface area contributed by atoms with E-state index in [1.54, 1.807) is 6.20 Å². The van der Waals surface area contributed by atoms with Gasteiger partial charge in [0.25, 0.3) is 0 Å². The van der Waals surface area contributed by atoms with Gasteiger partial charge < -0.3 is 0 Å². The maximum absolute atomic E-state index is 5.28. The minimum absolute atomic E-state index is 0.615. The average molecular weight is 810 g/mol. The van der Waals surface area contributed by atoms with E-state index < -0.39 is 5.41 Å². The van der Waals surface area contributed by atoms with Crippen LogP contribution in [0.5, 0.6) is 0 Å². The van der Waals surface area contributed by atoms with Crippen LogP contribution in [0.4, 0.5) is 0 Å². The fourth-order valence-electron chi connectivity index (χ4n) is 9.32. The molecule has 0 unspecified atom stereocenters. The molecule has 1 spiro atoms. The Hall–Kier alpha value is -7.80. The molecule has 0 bridgehead atoms. The summed E-state index contributed by atoms with van der Waals surface area (Å²) >= 11 is 1.84. The summed E-state index contributed by atoms with van der Waals surface area (Å²) in [6, 6.07) is 68.9. The van der Waals surface area contributed by atoms with E-state index in [0.29, 0.717) is 5.82 Å². The molecule has 0 fully saturated rings. The highest BCUT2D eigenvalue weighted by atomic mass is 32.2. The third kappa shape index (κ3) is 5.91. The summed E-state index contributed by atoms with van der Waals surface area (Å²) in [7, 11) is 0. The van der Waals surface area contributed by atoms with E-state index in [1.165, 1.54) is 43.2 Å². The molecule has 12 rings (SSSR count). The summed E-state index contributed by atoms with van der Waals surface area (Å²) in [5.41, 5.74) is 17.3. The van der Waals surface area contributed by atoms with Crippen molar-refractivity contribution < 1.29 is 0 Å². The highest BCUT2D eigenvalue weighted by molar-refractivity contribution is 7.99. The topological polar surface area (TPSA) is 64.5 Å². The number of nitrogens with zero attached hydrogens (tertiary/aromatic N) is 5. The molecule has 0 N–H and O–H groups in total. The van der Waals surface area contributed by atoms with Gasteiger partial charge in [-0.1, -0.05) is 139 Å². The summed E-state index contributed by atoms with van der Waals surface area (Å²) in [6.07, 6.45) is 5.49. The monoisotopic (exact) mass is 809 g/mol. The second kappa shape index (κ2) is 14.7. The Kier molecular flexibility index (Phi) is 8.57. The lowest BCUT2D eigenvalue weighted by atomic mass is 9.66. The van der Waals surface area contributed by atoms with Crippen molar-refractivity contribution in [3.8, 4) is 78.8 Å². The Bertz CT molecular complexity index is 2980. The first-order valence-corrected chi connectivity index (χ1v) is 21.5. The second-order valence-electron chi connectivity index (χ2n) is 15.6. The van der Waals surface area contributed by atoms with Gasteiger partial charge in [-0.05, 0) is 111 Å². The molecule has 290 valence electrons. The number of rotatable bonds is 6. The van der Waals surface area contributed by atoms with Gasteiger partial charge in [-0.2, -0.15) is 0 Å². The van der Waals surface area contributed by atoms with Crippen molar-refractivity contribution in [3.05, 3.63) is 235 Å². The molecule has 0 radical (unpaired) electrons. The first-order chi connectivity index (χ1) is 30.7. The maximum atomic E-state index is 5.28. The molecule has 4 aromatic heterocycles. The van der Waals surface area contributed by atoms with Gasteiger partial charge in [-0.15, -0.1) is 0 Å². The van der Waals surface area contributed by atoms with E-state index in [1.807, 2.05) is 72.7 Å². The van der Waals surface area contributed by atoms with E-state index in [-0.39, 0.29) is 0 Å². The lowest BCUT2D eigenvalue weighted by Gasteiger charge is -2.40. The van der Waals surface area contributed by atoms with Crippen LogP contribution in [0.25, 0.3) is 78.8 Å². The molecular formula is C56H35N5S. The zero-order valence-corrected chi connectivity index (χ0v) is 34.2. The zero-order valence-electron chi connectivity index (χ0n) is 33.4. The molecule has 1 aliphatic heterocycles. The predicted molar refractivity (Wildman–Crippen MR) is 249 cm³/mol. The lowest BCUT2D eigenvalue weighted by Crippen LogP contribution is -2.32. The van der Waals surface area contributed by atoms with Crippen LogP contribution in [0.3, 0.4) is 0 Å². The van der Waals surface area contributed by atoms with Gasteiger partial charge >= 0.3 is 0 Å². The molecule has 0 saturated heterocycles. The van der Waals surface area contributed by atoms with Crippen LogP contribution in [0.15, 0.2) is 223 Å². The predicted octanol–water partition coefficient (Wildman–Crippen LogP) is 13.5. The SMILES string of the molecule is c1ccc(-c2cc(-c3ccc4c(c3)C3(c5cc(-c6cc(-c7cccnc7)nc(-c7ccccn7)c6)ccc5S4)c4ccccc4-c4ccccc43)nc(-c3ccccc3)n2)cc1. The Balaban J connectivity index is 1.10. The standard InChI is InChI=1S/C56H35N5S/c1-3-14-36(15-4-1)50-34-51(61-55(60-50)37-16-5-2-6-17-37)39-25-27-54-47(31-39)56(44-21-9-7-19-42(44)43-20-8-10-22-45(43)56)46-30-38(24-26-53(46)62-54)41-32-49(40-18-13-28-57-35-40)59-52(33-41)48-23-11-12-29-58-48/h1-35H. The van der Waals surface area contributed by atoms with Gasteiger partial charge in [-0.3, -0.25) is 9.97 Å². The molecule has 5 heterocycles. The number of hydrogen-bond donors (Lipinski definition) is 0. The van der Waals surface area contributed by atoms with E-state index in [4.69, 9.17) is 19.9 Å². The molecule has 6 aromatic carbocycles. The number of fused-ring (bicyclic) bond motifs is 9. The van der Waals surface area contributed by atoms with Gasteiger partial charge in [0.05, 0.1) is 33.9 Å². The highest BCUT2D eigenvalue weighted by Crippen LogP contribution is 2.63. The van der Waals surface area contributed by atoms with Crippen LogP contribution >= 0.6 is 11.8 Å². The van der Waals surface area contributed by atoms with Crippen LogP contribution < -0.4 is 0 Å². The highest BCUT2D eigenvalue weighted by Gasteiger charge is 2.50. The molecular weight excluding hydrogens is 775 g/mol. The Morgan fingerprint density at radius 2 is 0.919 bits per heavy atom. The van der Waals surface area contributed by atoms with Gasteiger partial charge in [0.2, 0.25) is 0 Å². The van der Waals surface area contributed by atoms with Crippen LogP contribution in [-0.2, 0) is 5.41 Å². The maximum Gasteiger partial charge on any atom is 0.160 e. The summed E-state index contributed by atoms with van der Waals surface area (Å²) in [5, 5.41) is 0. The smallest absolute Gasteiger partial charge is 0.160 e. The number of pyridine rings is 3. The van der Waals surface area contributed by atoms with Crippen molar-refractivity contribution in [2.24, 2.45) is 0 Å². The van der Waals surface area contributed by atoms with Crippen molar-refractivity contribution >= 4 is 11.8 Å². The minimum atomic E-state index is -0.615. The number of hydrogen-bond acceptors (Lipinski definition) is 6. The number of benzene rings is 6. The van der Waals surface area contributed by atoms with Crippen molar-refractivity contribution in [3.63, 3.8) is 0 Å². The van der Waals surface area contributed by atoms with Crippen LogP contribution in [0, 0.1) is 0 Å². The normalized spacial score (nSPS) is 12.9. The van der Waals surface area contributed by atoms with Gasteiger partial charge in [0.15, 0.2) is 5.82 Å². The van der Waals surface area contributed by atoms with Crippen LogP contribution in [0.2, 0.25) is 0 Å². The Labute approximate surface area is 364 Å². The van der Waals surface area contributed by atoms with E-state index >= 15 is 0 Å². The fraction of sp³-hybridized carbons (Fsp3) is 0.0179. The molecule has 6 heteroatoms. The largest absolute Gasteiger partial charge is 0.264 e. The van der Waals surface area contributed by atoms with E-state index in [9.17, 15) is 0 Å². The molecule has 62 heavy (non-hydrogen) atoms. The van der Waals surface area contributed by atoms with Gasteiger partial charge in [0, 0.05) is 50.6 Å². The fourth-order valence-corrected chi connectivity index (χ4v) is 10.5. The molecule has 2 aliphatic rings. The molecule has 0 atom stereocenters. The molecule has 10 aromatic rings. The average Bonchev–Trinajstić information content (AvgIpc) is 3.65. The first kappa shape index (κ1) is 36.1. The van der Waals surface area contributed by atoms with Crippen molar-refractivity contribution in [2.45, 2.75) is 15.2 Å². The molecule has 0 saturated carbocycles. The van der Waals surface area contributed by atoms with Crippen LogP contribution in [0.1, 0.15) is 22.3 Å². The summed E-state index contributed by atoms with van der Waals surface area (Å²) in [5.74, 6) is 0.698. The summed E-state index contributed by atoms with van der Waals surface area (Å²) in [6.45, 7) is 0. The van der Waals surface area contributed by atoms with Gasteiger partial charge in [0.1, 0.15) is 0 Å². The van der Waals surface area contributed by atoms with Crippen LogP contribution in [-0.4, -0.2) is 24.9 Å². The molecule has 0 amide bonds. The van der Waals surface area contributed by atoms with E-state index in [0.717, 1.165) is 61.9 Å². The lowest BCUT2D eigenvalue weighted by molar-refractivity contribution is 0.723. The minimum Gasteiger partial charge on any atom is -0.264 e. The van der Waals surface area contributed by atoms with E-state index in [2.05, 4.69) is 151 Å². The third-order valence-electron chi connectivity index (χ3n) is 12.1. The van der Waals surface area contributed by atoms with Crippen molar-refractivity contribution in [1.29, 1.82) is 0 Å². The zero-order chi connectivity index (χ0) is 41.0. The first-order valence-electron chi connectivity index (χ1n) is 20.7. The van der Waals surface area contributed by atoms with Gasteiger partial charge in [-0.25, -0.2) is 15.0 Å². The summed E-state index contributed by atoms with van der Waals surface area (Å²) < 4.78 is 0.